The zero-order chi connectivity index (χ0) is 16.6. The van der Waals surface area contributed by atoms with Gasteiger partial charge in [-0.2, -0.15) is 0 Å². The lowest BCUT2D eigenvalue weighted by Gasteiger charge is -2.20. The van der Waals surface area contributed by atoms with Gasteiger partial charge in [0.15, 0.2) is 0 Å². The van der Waals surface area contributed by atoms with Crippen LogP contribution in [0.4, 0.5) is 0 Å². The molecule has 3 heteroatoms. The molecular formula is C20H22N2O. The minimum Gasteiger partial charge on any atom is -0.384 e. The highest BCUT2D eigenvalue weighted by atomic mass is 16.3. The van der Waals surface area contributed by atoms with Crippen molar-refractivity contribution in [2.24, 2.45) is 0 Å². The van der Waals surface area contributed by atoms with Gasteiger partial charge in [0.25, 0.3) is 0 Å². The summed E-state index contributed by atoms with van der Waals surface area (Å²) in [5.74, 6) is 0. The standard InChI is InChI=1S/C20H22N2O/c1-13-9-15(3)19(16(4)10-13)20(23)18-11-17(6-5-14(18)2)22-8-7-21-12-22/h5-12,20,23H,1-4H3. The van der Waals surface area contributed by atoms with E-state index in [1.54, 1.807) is 12.5 Å². The Morgan fingerprint density at radius 3 is 2.26 bits per heavy atom. The van der Waals surface area contributed by atoms with Crippen molar-refractivity contribution in [3.05, 3.63) is 82.4 Å². The molecule has 118 valence electrons. The summed E-state index contributed by atoms with van der Waals surface area (Å²) in [6.45, 7) is 8.25. The minimum atomic E-state index is -0.626. The smallest absolute Gasteiger partial charge is 0.105 e. The lowest BCUT2D eigenvalue weighted by Crippen LogP contribution is -2.08. The van der Waals surface area contributed by atoms with Gasteiger partial charge >= 0.3 is 0 Å². The number of nitrogens with zero attached hydrogens (tertiary/aromatic N) is 2. The molecule has 0 aliphatic carbocycles. The van der Waals surface area contributed by atoms with Crippen LogP contribution in [0.2, 0.25) is 0 Å². The molecule has 0 fully saturated rings. The second-order valence-corrected chi connectivity index (χ2v) is 6.23. The molecule has 0 bridgehead atoms. The van der Waals surface area contributed by atoms with E-state index in [2.05, 4.69) is 37.9 Å². The normalized spacial score (nSPS) is 12.4. The topological polar surface area (TPSA) is 38.0 Å². The van der Waals surface area contributed by atoms with Crippen molar-refractivity contribution in [1.29, 1.82) is 0 Å². The Balaban J connectivity index is 2.10. The Bertz CT molecular complexity index is 812. The van der Waals surface area contributed by atoms with E-state index in [-0.39, 0.29) is 0 Å². The van der Waals surface area contributed by atoms with Crippen molar-refractivity contribution >= 4 is 0 Å². The van der Waals surface area contributed by atoms with E-state index < -0.39 is 6.10 Å². The van der Waals surface area contributed by atoms with Crippen molar-refractivity contribution in [3.63, 3.8) is 0 Å². The van der Waals surface area contributed by atoms with Crippen LogP contribution in [0.3, 0.4) is 0 Å². The van der Waals surface area contributed by atoms with Crippen LogP contribution in [-0.4, -0.2) is 14.7 Å². The molecule has 0 saturated carbocycles. The number of aliphatic hydroxyl groups excluding tert-OH is 1. The maximum atomic E-state index is 11.0. The van der Waals surface area contributed by atoms with Crippen LogP contribution >= 0.6 is 0 Å². The van der Waals surface area contributed by atoms with Crippen molar-refractivity contribution in [2.45, 2.75) is 33.8 Å². The summed E-state index contributed by atoms with van der Waals surface area (Å²) in [5, 5.41) is 11.0. The fraction of sp³-hybridized carbons (Fsp3) is 0.250. The molecule has 0 spiro atoms. The molecule has 0 radical (unpaired) electrons. The monoisotopic (exact) mass is 306 g/mol. The largest absolute Gasteiger partial charge is 0.384 e. The highest BCUT2D eigenvalue weighted by molar-refractivity contribution is 5.48. The molecular weight excluding hydrogens is 284 g/mol. The van der Waals surface area contributed by atoms with Crippen LogP contribution in [0, 0.1) is 27.7 Å². The maximum absolute atomic E-state index is 11.0. The molecule has 1 unspecified atom stereocenters. The van der Waals surface area contributed by atoms with E-state index in [4.69, 9.17) is 0 Å². The summed E-state index contributed by atoms with van der Waals surface area (Å²) >= 11 is 0. The number of aromatic nitrogens is 2. The first-order valence-corrected chi connectivity index (χ1v) is 7.82. The molecule has 1 heterocycles. The number of hydrogen-bond donors (Lipinski definition) is 1. The molecule has 2 aromatic carbocycles. The quantitative estimate of drug-likeness (QED) is 0.788. The molecule has 1 N–H and O–H groups in total. The van der Waals surface area contributed by atoms with Gasteiger partial charge in [0, 0.05) is 18.1 Å². The molecule has 0 saturated heterocycles. The molecule has 3 rings (SSSR count). The van der Waals surface area contributed by atoms with Crippen LogP contribution in [-0.2, 0) is 0 Å². The van der Waals surface area contributed by atoms with Gasteiger partial charge in [-0.15, -0.1) is 0 Å². The number of aliphatic hydroxyl groups is 1. The predicted octanol–water partition coefficient (Wildman–Crippen LogP) is 4.19. The zero-order valence-corrected chi connectivity index (χ0v) is 14.0. The SMILES string of the molecule is Cc1cc(C)c(C(O)c2cc(-n3ccnc3)ccc2C)c(C)c1. The van der Waals surface area contributed by atoms with Crippen molar-refractivity contribution in [3.8, 4) is 5.69 Å². The highest BCUT2D eigenvalue weighted by Gasteiger charge is 2.18. The van der Waals surface area contributed by atoms with Gasteiger partial charge in [0.05, 0.1) is 6.33 Å². The molecule has 0 aliphatic heterocycles. The number of benzene rings is 2. The average Bonchev–Trinajstić information content (AvgIpc) is 3.00. The third-order valence-electron chi connectivity index (χ3n) is 4.37. The molecule has 0 aliphatic rings. The average molecular weight is 306 g/mol. The third kappa shape index (κ3) is 2.92. The predicted molar refractivity (Wildman–Crippen MR) is 93.0 cm³/mol. The van der Waals surface area contributed by atoms with Gasteiger partial charge in [0.2, 0.25) is 0 Å². The van der Waals surface area contributed by atoms with Crippen LogP contribution in [0.25, 0.3) is 5.69 Å². The van der Waals surface area contributed by atoms with Crippen LogP contribution in [0.5, 0.6) is 0 Å². The first kappa shape index (κ1) is 15.5. The Morgan fingerprint density at radius 1 is 0.957 bits per heavy atom. The van der Waals surface area contributed by atoms with E-state index in [9.17, 15) is 5.11 Å². The lowest BCUT2D eigenvalue weighted by molar-refractivity contribution is 0.218. The minimum absolute atomic E-state index is 0.626. The number of imidazole rings is 1. The summed E-state index contributed by atoms with van der Waals surface area (Å²) in [6.07, 6.45) is 4.80. The van der Waals surface area contributed by atoms with Crippen molar-refractivity contribution < 1.29 is 5.11 Å². The van der Waals surface area contributed by atoms with Gasteiger partial charge in [-0.1, -0.05) is 23.8 Å². The summed E-state index contributed by atoms with van der Waals surface area (Å²) in [5.41, 5.74) is 7.50. The second-order valence-electron chi connectivity index (χ2n) is 6.23. The third-order valence-corrected chi connectivity index (χ3v) is 4.37. The summed E-state index contributed by atoms with van der Waals surface area (Å²) in [4.78, 5) is 4.09. The van der Waals surface area contributed by atoms with Gasteiger partial charge in [-0.25, -0.2) is 4.98 Å². The van der Waals surface area contributed by atoms with E-state index in [1.807, 2.05) is 35.9 Å². The van der Waals surface area contributed by atoms with E-state index in [0.717, 1.165) is 33.5 Å². The number of aryl methyl sites for hydroxylation is 4. The molecule has 1 aromatic heterocycles. The molecule has 3 nitrogen and oxygen atoms in total. The molecule has 1 atom stereocenters. The summed E-state index contributed by atoms with van der Waals surface area (Å²) < 4.78 is 1.95. The van der Waals surface area contributed by atoms with E-state index in [1.165, 1.54) is 5.56 Å². The van der Waals surface area contributed by atoms with Gasteiger partial charge < -0.3 is 9.67 Å². The van der Waals surface area contributed by atoms with Crippen molar-refractivity contribution in [1.82, 2.24) is 9.55 Å². The highest BCUT2D eigenvalue weighted by Crippen LogP contribution is 2.31. The number of hydrogen-bond acceptors (Lipinski definition) is 2. The maximum Gasteiger partial charge on any atom is 0.105 e. The number of rotatable bonds is 3. The zero-order valence-electron chi connectivity index (χ0n) is 14.0. The van der Waals surface area contributed by atoms with Crippen LogP contribution in [0.1, 0.15) is 39.5 Å². The van der Waals surface area contributed by atoms with Gasteiger partial charge in [-0.3, -0.25) is 0 Å². The summed E-state index contributed by atoms with van der Waals surface area (Å²) in [6, 6.07) is 10.4. The molecule has 23 heavy (non-hydrogen) atoms. The second kappa shape index (κ2) is 6.01. The lowest BCUT2D eigenvalue weighted by atomic mass is 9.90. The first-order chi connectivity index (χ1) is 11.0. The van der Waals surface area contributed by atoms with Gasteiger partial charge in [0.1, 0.15) is 6.10 Å². The Morgan fingerprint density at radius 2 is 1.65 bits per heavy atom. The fourth-order valence-corrected chi connectivity index (χ4v) is 3.27. The fourth-order valence-electron chi connectivity index (χ4n) is 3.27. The van der Waals surface area contributed by atoms with E-state index >= 15 is 0 Å². The Labute approximate surface area is 137 Å². The Hall–Kier alpha value is -2.39. The molecule has 3 aromatic rings. The van der Waals surface area contributed by atoms with Crippen LogP contribution < -0.4 is 0 Å². The first-order valence-electron chi connectivity index (χ1n) is 7.82. The summed E-state index contributed by atoms with van der Waals surface area (Å²) in [7, 11) is 0. The van der Waals surface area contributed by atoms with E-state index in [0.29, 0.717) is 0 Å². The Kier molecular flexibility index (Phi) is 4.05. The van der Waals surface area contributed by atoms with Gasteiger partial charge in [-0.05, 0) is 67.6 Å². The molecule has 0 amide bonds. The van der Waals surface area contributed by atoms with Crippen molar-refractivity contribution in [2.75, 3.05) is 0 Å². The van der Waals surface area contributed by atoms with Crippen LogP contribution in [0.15, 0.2) is 49.1 Å².